The summed E-state index contributed by atoms with van der Waals surface area (Å²) in [6.07, 6.45) is 3.06. The summed E-state index contributed by atoms with van der Waals surface area (Å²) < 4.78 is 0. The van der Waals surface area contributed by atoms with E-state index in [1.807, 2.05) is 6.92 Å². The van der Waals surface area contributed by atoms with Crippen LogP contribution in [0, 0.1) is 18.3 Å². The van der Waals surface area contributed by atoms with Crippen LogP contribution in [0.3, 0.4) is 0 Å². The summed E-state index contributed by atoms with van der Waals surface area (Å²) >= 11 is 0. The SMILES string of the molecule is Cc1cncc(NC(=O)C(=O)NCC#N)c1. The average Bonchev–Trinajstić information content (AvgIpc) is 2.25. The Bertz CT molecular complexity index is 450. The fourth-order valence-corrected chi connectivity index (χ4v) is 1.01. The minimum absolute atomic E-state index is 0.196. The van der Waals surface area contributed by atoms with Gasteiger partial charge in [-0.2, -0.15) is 5.26 Å². The van der Waals surface area contributed by atoms with Crippen LogP contribution in [0.1, 0.15) is 5.56 Å². The van der Waals surface area contributed by atoms with Gasteiger partial charge in [-0.3, -0.25) is 14.6 Å². The number of carbonyl (C=O) groups excluding carboxylic acids is 2. The fourth-order valence-electron chi connectivity index (χ4n) is 1.01. The molecule has 0 unspecified atom stereocenters. The molecule has 0 saturated heterocycles. The van der Waals surface area contributed by atoms with Crippen molar-refractivity contribution in [2.75, 3.05) is 11.9 Å². The first-order chi connectivity index (χ1) is 7.63. The van der Waals surface area contributed by atoms with Gasteiger partial charge in [0.15, 0.2) is 0 Å². The van der Waals surface area contributed by atoms with Crippen molar-refractivity contribution in [2.45, 2.75) is 6.92 Å². The Morgan fingerprint density at radius 2 is 2.19 bits per heavy atom. The van der Waals surface area contributed by atoms with Crippen molar-refractivity contribution in [3.8, 4) is 6.07 Å². The van der Waals surface area contributed by atoms with Crippen molar-refractivity contribution in [3.05, 3.63) is 24.0 Å². The molecule has 82 valence electrons. The molecule has 0 aromatic carbocycles. The predicted molar refractivity (Wildman–Crippen MR) is 56.2 cm³/mol. The van der Waals surface area contributed by atoms with E-state index >= 15 is 0 Å². The van der Waals surface area contributed by atoms with Gasteiger partial charge in [-0.05, 0) is 18.6 Å². The Morgan fingerprint density at radius 3 is 2.81 bits per heavy atom. The van der Waals surface area contributed by atoms with E-state index in [4.69, 9.17) is 5.26 Å². The molecule has 0 atom stereocenters. The zero-order valence-corrected chi connectivity index (χ0v) is 8.65. The zero-order valence-electron chi connectivity index (χ0n) is 8.65. The molecule has 1 aromatic heterocycles. The van der Waals surface area contributed by atoms with Crippen LogP contribution in [-0.4, -0.2) is 23.3 Å². The number of aryl methyl sites for hydroxylation is 1. The van der Waals surface area contributed by atoms with E-state index in [0.29, 0.717) is 5.69 Å². The van der Waals surface area contributed by atoms with Crippen molar-refractivity contribution in [1.29, 1.82) is 5.26 Å². The third-order valence-electron chi connectivity index (χ3n) is 1.67. The lowest BCUT2D eigenvalue weighted by Crippen LogP contribution is -2.35. The van der Waals surface area contributed by atoms with Crippen LogP contribution in [0.4, 0.5) is 5.69 Å². The van der Waals surface area contributed by atoms with Gasteiger partial charge in [0.1, 0.15) is 6.54 Å². The summed E-state index contributed by atoms with van der Waals surface area (Å²) in [6, 6.07) is 3.39. The largest absolute Gasteiger partial charge is 0.335 e. The Balaban J connectivity index is 2.58. The maximum absolute atomic E-state index is 11.3. The smallest absolute Gasteiger partial charge is 0.313 e. The standard InChI is InChI=1S/C10H10N4O2/c1-7-4-8(6-12-5-7)14-10(16)9(15)13-3-2-11/h4-6H,3H2,1H3,(H,13,15)(H,14,16). The normalized spacial score (nSPS) is 9.00. The first-order valence-electron chi connectivity index (χ1n) is 4.51. The molecule has 6 nitrogen and oxygen atoms in total. The number of hydrogen-bond donors (Lipinski definition) is 2. The molecular weight excluding hydrogens is 208 g/mol. The van der Waals surface area contributed by atoms with Crippen LogP contribution in [0.15, 0.2) is 18.5 Å². The summed E-state index contributed by atoms with van der Waals surface area (Å²) in [5.74, 6) is -1.66. The third-order valence-corrected chi connectivity index (χ3v) is 1.67. The number of anilines is 1. The first-order valence-corrected chi connectivity index (χ1v) is 4.51. The number of nitrogens with one attached hydrogen (secondary N) is 2. The summed E-state index contributed by atoms with van der Waals surface area (Å²) in [4.78, 5) is 26.2. The second-order valence-corrected chi connectivity index (χ2v) is 3.05. The van der Waals surface area contributed by atoms with Crippen LogP contribution >= 0.6 is 0 Å². The van der Waals surface area contributed by atoms with E-state index in [1.54, 1.807) is 18.3 Å². The van der Waals surface area contributed by atoms with Crippen LogP contribution in [-0.2, 0) is 9.59 Å². The van der Waals surface area contributed by atoms with Crippen molar-refractivity contribution in [3.63, 3.8) is 0 Å². The highest BCUT2D eigenvalue weighted by atomic mass is 16.2. The molecule has 2 N–H and O–H groups in total. The van der Waals surface area contributed by atoms with Crippen LogP contribution in [0.5, 0.6) is 0 Å². The van der Waals surface area contributed by atoms with Gasteiger partial charge in [-0.15, -0.1) is 0 Å². The quantitative estimate of drug-likeness (QED) is 0.538. The van der Waals surface area contributed by atoms with Crippen LogP contribution in [0.2, 0.25) is 0 Å². The zero-order chi connectivity index (χ0) is 12.0. The number of rotatable bonds is 2. The highest BCUT2D eigenvalue weighted by molar-refractivity contribution is 6.39. The summed E-state index contributed by atoms with van der Waals surface area (Å²) in [5, 5.41) is 12.7. The highest BCUT2D eigenvalue weighted by Gasteiger charge is 2.12. The molecule has 0 aliphatic rings. The molecule has 1 rings (SSSR count). The topological polar surface area (TPSA) is 94.9 Å². The molecule has 0 radical (unpaired) electrons. The molecule has 0 fully saturated rings. The minimum atomic E-state index is -0.844. The van der Waals surface area contributed by atoms with Crippen molar-refractivity contribution >= 4 is 17.5 Å². The lowest BCUT2D eigenvalue weighted by atomic mass is 10.3. The molecule has 2 amide bonds. The summed E-state index contributed by atoms with van der Waals surface area (Å²) in [5.41, 5.74) is 1.31. The van der Waals surface area contributed by atoms with Gasteiger partial charge >= 0.3 is 11.8 Å². The summed E-state index contributed by atoms with van der Waals surface area (Å²) in [6.45, 7) is 1.62. The van der Waals surface area contributed by atoms with E-state index in [-0.39, 0.29) is 6.54 Å². The predicted octanol–water partition coefficient (Wildman–Crippen LogP) is -0.0317. The van der Waals surface area contributed by atoms with E-state index in [2.05, 4.69) is 15.6 Å². The van der Waals surface area contributed by atoms with Crippen LogP contribution in [0.25, 0.3) is 0 Å². The molecule has 6 heteroatoms. The van der Waals surface area contributed by atoms with E-state index < -0.39 is 11.8 Å². The van der Waals surface area contributed by atoms with E-state index in [9.17, 15) is 9.59 Å². The summed E-state index contributed by atoms with van der Waals surface area (Å²) in [7, 11) is 0. The second kappa shape index (κ2) is 5.46. The lowest BCUT2D eigenvalue weighted by molar-refractivity contribution is -0.136. The Labute approximate surface area is 92.3 Å². The fraction of sp³-hybridized carbons (Fsp3) is 0.200. The van der Waals surface area contributed by atoms with Gasteiger partial charge in [0.25, 0.3) is 0 Å². The van der Waals surface area contributed by atoms with Crippen molar-refractivity contribution in [2.24, 2.45) is 0 Å². The third kappa shape index (κ3) is 3.38. The first kappa shape index (κ1) is 11.7. The molecular formula is C10H10N4O2. The molecule has 0 saturated carbocycles. The Morgan fingerprint density at radius 1 is 1.44 bits per heavy atom. The Hall–Kier alpha value is -2.42. The number of carbonyl (C=O) groups is 2. The number of pyridine rings is 1. The number of hydrogen-bond acceptors (Lipinski definition) is 4. The van der Waals surface area contributed by atoms with Crippen molar-refractivity contribution in [1.82, 2.24) is 10.3 Å². The lowest BCUT2D eigenvalue weighted by Gasteiger charge is -2.04. The molecule has 0 bridgehead atoms. The van der Waals surface area contributed by atoms with Gasteiger partial charge < -0.3 is 10.6 Å². The molecule has 1 aromatic rings. The maximum Gasteiger partial charge on any atom is 0.313 e. The molecule has 16 heavy (non-hydrogen) atoms. The van der Waals surface area contributed by atoms with Gasteiger partial charge in [0.2, 0.25) is 0 Å². The monoisotopic (exact) mass is 218 g/mol. The molecule has 0 spiro atoms. The maximum atomic E-state index is 11.3. The number of aromatic nitrogens is 1. The Kier molecular flexibility index (Phi) is 3.98. The highest BCUT2D eigenvalue weighted by Crippen LogP contribution is 2.06. The van der Waals surface area contributed by atoms with E-state index in [0.717, 1.165) is 5.56 Å². The van der Waals surface area contributed by atoms with Gasteiger partial charge in [-0.1, -0.05) is 0 Å². The van der Waals surface area contributed by atoms with Gasteiger partial charge in [0.05, 0.1) is 18.0 Å². The number of nitrogens with zero attached hydrogens (tertiary/aromatic N) is 2. The average molecular weight is 218 g/mol. The van der Waals surface area contributed by atoms with E-state index in [1.165, 1.54) is 6.20 Å². The van der Waals surface area contributed by atoms with Crippen molar-refractivity contribution < 1.29 is 9.59 Å². The number of nitriles is 1. The molecule has 1 heterocycles. The number of amides is 2. The molecule has 0 aliphatic heterocycles. The van der Waals surface area contributed by atoms with Gasteiger partial charge in [0, 0.05) is 6.20 Å². The molecule has 0 aliphatic carbocycles. The minimum Gasteiger partial charge on any atom is -0.335 e. The second-order valence-electron chi connectivity index (χ2n) is 3.05. The van der Waals surface area contributed by atoms with Gasteiger partial charge in [-0.25, -0.2) is 0 Å². The van der Waals surface area contributed by atoms with Crippen LogP contribution < -0.4 is 10.6 Å².